The molecule has 0 aliphatic carbocycles. The van der Waals surface area contributed by atoms with E-state index in [1.807, 2.05) is 0 Å². The molecular formula is C12H17N3O3S. The molecule has 0 atom stereocenters. The smallest absolute Gasteiger partial charge is 0.241 e. The summed E-state index contributed by atoms with van der Waals surface area (Å²) in [4.78, 5) is 4.04. The van der Waals surface area contributed by atoms with Gasteiger partial charge < -0.3 is 10.1 Å². The molecule has 1 aliphatic heterocycles. The second kappa shape index (κ2) is 6.14. The molecule has 6 nitrogen and oxygen atoms in total. The molecule has 0 bridgehead atoms. The fourth-order valence-electron chi connectivity index (χ4n) is 1.89. The summed E-state index contributed by atoms with van der Waals surface area (Å²) < 4.78 is 28.0. The summed E-state index contributed by atoms with van der Waals surface area (Å²) >= 11 is 0. The average molecular weight is 283 g/mol. The summed E-state index contributed by atoms with van der Waals surface area (Å²) in [6, 6.07) is 2.99. The molecule has 0 radical (unpaired) electrons. The summed E-state index contributed by atoms with van der Waals surface area (Å²) in [6.07, 6.45) is 5.35. The third-order valence-corrected chi connectivity index (χ3v) is 3.82. The number of sulfonamides is 1. The van der Waals surface area contributed by atoms with Gasteiger partial charge in [-0.15, -0.1) is 0 Å². The van der Waals surface area contributed by atoms with Crippen LogP contribution in [0.2, 0.25) is 0 Å². The second-order valence-electron chi connectivity index (χ2n) is 4.26. The van der Waals surface area contributed by atoms with E-state index < -0.39 is 10.0 Å². The van der Waals surface area contributed by atoms with E-state index in [-0.39, 0.29) is 4.90 Å². The lowest BCUT2D eigenvalue weighted by Gasteiger charge is -2.14. The van der Waals surface area contributed by atoms with E-state index in [1.165, 1.54) is 17.8 Å². The molecule has 104 valence electrons. The SMILES string of the molecule is NS(=O)(=O)c1cccnc1NCCC1=CCOCC1. The molecule has 1 aromatic rings. The molecule has 0 unspecified atom stereocenters. The van der Waals surface area contributed by atoms with Gasteiger partial charge in [0.05, 0.1) is 13.2 Å². The number of anilines is 1. The molecule has 0 spiro atoms. The molecule has 2 heterocycles. The van der Waals surface area contributed by atoms with Crippen molar-refractivity contribution in [1.29, 1.82) is 0 Å². The average Bonchev–Trinajstić information content (AvgIpc) is 2.39. The first-order chi connectivity index (χ1) is 9.07. The van der Waals surface area contributed by atoms with Gasteiger partial charge in [-0.05, 0) is 25.0 Å². The lowest BCUT2D eigenvalue weighted by molar-refractivity contribution is 0.153. The van der Waals surface area contributed by atoms with Gasteiger partial charge in [-0.2, -0.15) is 0 Å². The standard InChI is InChI=1S/C12H17N3O3S/c13-19(16,17)11-2-1-6-14-12(11)15-7-3-10-4-8-18-9-5-10/h1-2,4,6H,3,5,7-9H2,(H,14,15)(H2,13,16,17). The van der Waals surface area contributed by atoms with E-state index in [2.05, 4.69) is 16.4 Å². The first-order valence-corrected chi connectivity index (χ1v) is 7.59. The Bertz CT molecular complexity index is 569. The van der Waals surface area contributed by atoms with Crippen molar-refractivity contribution < 1.29 is 13.2 Å². The predicted molar refractivity (Wildman–Crippen MR) is 72.2 cm³/mol. The molecule has 0 saturated heterocycles. The maximum atomic E-state index is 11.4. The lowest BCUT2D eigenvalue weighted by atomic mass is 10.1. The van der Waals surface area contributed by atoms with Crippen molar-refractivity contribution in [2.24, 2.45) is 5.14 Å². The zero-order chi connectivity index (χ0) is 13.7. The number of rotatable bonds is 5. The fourth-order valence-corrected chi connectivity index (χ4v) is 2.55. The predicted octanol–water partition coefficient (Wildman–Crippen LogP) is 0.878. The Kier molecular flexibility index (Phi) is 4.52. The number of hydrogen-bond donors (Lipinski definition) is 2. The Morgan fingerprint density at radius 2 is 2.32 bits per heavy atom. The van der Waals surface area contributed by atoms with E-state index in [1.54, 1.807) is 6.07 Å². The Labute approximate surface area is 112 Å². The number of hydrogen-bond acceptors (Lipinski definition) is 5. The van der Waals surface area contributed by atoms with Crippen LogP contribution in [-0.2, 0) is 14.8 Å². The van der Waals surface area contributed by atoms with Gasteiger partial charge in [0.2, 0.25) is 10.0 Å². The zero-order valence-electron chi connectivity index (χ0n) is 10.5. The second-order valence-corrected chi connectivity index (χ2v) is 5.79. The minimum Gasteiger partial charge on any atom is -0.377 e. The highest BCUT2D eigenvalue weighted by Gasteiger charge is 2.14. The molecule has 0 amide bonds. The van der Waals surface area contributed by atoms with Crippen LogP contribution in [0.15, 0.2) is 34.9 Å². The largest absolute Gasteiger partial charge is 0.377 e. The number of pyridine rings is 1. The highest BCUT2D eigenvalue weighted by atomic mass is 32.2. The third-order valence-electron chi connectivity index (χ3n) is 2.87. The summed E-state index contributed by atoms with van der Waals surface area (Å²) in [7, 11) is -3.75. The topological polar surface area (TPSA) is 94.3 Å². The molecule has 0 aromatic carbocycles. The first kappa shape index (κ1) is 14.0. The van der Waals surface area contributed by atoms with Crippen LogP contribution in [-0.4, -0.2) is 33.2 Å². The van der Waals surface area contributed by atoms with Crippen LogP contribution in [0.25, 0.3) is 0 Å². The molecule has 0 fully saturated rings. The molecular weight excluding hydrogens is 266 g/mol. The number of ether oxygens (including phenoxy) is 1. The van der Waals surface area contributed by atoms with Crippen LogP contribution in [0.3, 0.4) is 0 Å². The van der Waals surface area contributed by atoms with Gasteiger partial charge in [0.1, 0.15) is 10.7 Å². The summed E-state index contributed by atoms with van der Waals surface area (Å²) in [5.41, 5.74) is 1.31. The van der Waals surface area contributed by atoms with Gasteiger partial charge in [-0.1, -0.05) is 11.6 Å². The minimum absolute atomic E-state index is 0.0240. The number of nitrogens with two attached hydrogens (primary N) is 1. The van der Waals surface area contributed by atoms with E-state index >= 15 is 0 Å². The minimum atomic E-state index is -3.75. The molecule has 0 saturated carbocycles. The monoisotopic (exact) mass is 283 g/mol. The van der Waals surface area contributed by atoms with Gasteiger partial charge >= 0.3 is 0 Å². The summed E-state index contributed by atoms with van der Waals surface area (Å²) in [5.74, 6) is 0.303. The van der Waals surface area contributed by atoms with Crippen molar-refractivity contribution in [1.82, 2.24) is 4.98 Å². The number of aromatic nitrogens is 1. The Morgan fingerprint density at radius 3 is 3.00 bits per heavy atom. The summed E-state index contributed by atoms with van der Waals surface area (Å²) in [6.45, 7) is 2.02. The van der Waals surface area contributed by atoms with E-state index in [4.69, 9.17) is 9.88 Å². The highest BCUT2D eigenvalue weighted by molar-refractivity contribution is 7.89. The van der Waals surface area contributed by atoms with Crippen molar-refractivity contribution in [2.75, 3.05) is 25.1 Å². The molecule has 1 aliphatic rings. The maximum Gasteiger partial charge on any atom is 0.241 e. The lowest BCUT2D eigenvalue weighted by Crippen LogP contribution is -2.17. The van der Waals surface area contributed by atoms with Crippen molar-refractivity contribution >= 4 is 15.8 Å². The van der Waals surface area contributed by atoms with Gasteiger partial charge in [0.15, 0.2) is 0 Å². The number of nitrogens with zero attached hydrogens (tertiary/aromatic N) is 1. The molecule has 7 heteroatoms. The normalized spacial score (nSPS) is 15.9. The molecule has 19 heavy (non-hydrogen) atoms. The maximum absolute atomic E-state index is 11.4. The van der Waals surface area contributed by atoms with Crippen LogP contribution < -0.4 is 10.5 Å². The van der Waals surface area contributed by atoms with Crippen molar-refractivity contribution in [3.05, 3.63) is 30.0 Å². The molecule has 3 N–H and O–H groups in total. The van der Waals surface area contributed by atoms with Crippen LogP contribution in [0, 0.1) is 0 Å². The highest BCUT2D eigenvalue weighted by Crippen LogP contribution is 2.17. The fraction of sp³-hybridized carbons (Fsp3) is 0.417. The van der Waals surface area contributed by atoms with Crippen molar-refractivity contribution in [3.63, 3.8) is 0 Å². The Balaban J connectivity index is 1.98. The Morgan fingerprint density at radius 1 is 1.47 bits per heavy atom. The molecule has 1 aromatic heterocycles. The van der Waals surface area contributed by atoms with Gasteiger partial charge in [0.25, 0.3) is 0 Å². The van der Waals surface area contributed by atoms with E-state index in [0.717, 1.165) is 19.4 Å². The quantitative estimate of drug-likeness (QED) is 0.782. The van der Waals surface area contributed by atoms with Crippen LogP contribution in [0.4, 0.5) is 5.82 Å². The van der Waals surface area contributed by atoms with Crippen molar-refractivity contribution in [2.45, 2.75) is 17.7 Å². The Hall–Kier alpha value is -1.44. The first-order valence-electron chi connectivity index (χ1n) is 6.05. The van der Waals surface area contributed by atoms with Gasteiger partial charge in [-0.3, -0.25) is 0 Å². The molecule has 2 rings (SSSR count). The zero-order valence-corrected chi connectivity index (χ0v) is 11.3. The van der Waals surface area contributed by atoms with Crippen LogP contribution >= 0.6 is 0 Å². The van der Waals surface area contributed by atoms with Crippen LogP contribution in [0.5, 0.6) is 0 Å². The third kappa shape index (κ3) is 4.02. The van der Waals surface area contributed by atoms with Gasteiger partial charge in [-0.25, -0.2) is 18.5 Å². The summed E-state index contributed by atoms with van der Waals surface area (Å²) in [5, 5.41) is 8.15. The number of primary sulfonamides is 1. The van der Waals surface area contributed by atoms with Gasteiger partial charge in [0, 0.05) is 12.7 Å². The van der Waals surface area contributed by atoms with E-state index in [0.29, 0.717) is 19.0 Å². The van der Waals surface area contributed by atoms with E-state index in [9.17, 15) is 8.42 Å². The van der Waals surface area contributed by atoms with Crippen molar-refractivity contribution in [3.8, 4) is 0 Å². The number of nitrogens with one attached hydrogen (secondary N) is 1. The van der Waals surface area contributed by atoms with Crippen LogP contribution in [0.1, 0.15) is 12.8 Å².